The minimum absolute atomic E-state index is 0.335. The van der Waals surface area contributed by atoms with Crippen molar-refractivity contribution in [3.05, 3.63) is 33.2 Å². The maximum absolute atomic E-state index is 13.5. The van der Waals surface area contributed by atoms with Crippen LogP contribution >= 0.6 is 15.9 Å². The molecule has 4 heteroatoms. The number of aromatic nitrogens is 1. The Morgan fingerprint density at radius 3 is 2.73 bits per heavy atom. The van der Waals surface area contributed by atoms with Crippen molar-refractivity contribution in [3.63, 3.8) is 0 Å². The lowest BCUT2D eigenvalue weighted by Gasteiger charge is -2.00. The summed E-state index contributed by atoms with van der Waals surface area (Å²) in [6, 6.07) is 3.22. The lowest BCUT2D eigenvalue weighted by atomic mass is 10.1. The molecular formula is C11H8BrFN2. The number of H-pyrrole nitrogens is 1. The van der Waals surface area contributed by atoms with Crippen LogP contribution in [-0.4, -0.2) is 4.98 Å². The van der Waals surface area contributed by atoms with Crippen LogP contribution in [-0.2, 0) is 0 Å². The van der Waals surface area contributed by atoms with Gasteiger partial charge in [-0.15, -0.1) is 0 Å². The molecule has 76 valence electrons. The van der Waals surface area contributed by atoms with Crippen molar-refractivity contribution in [3.8, 4) is 6.07 Å². The van der Waals surface area contributed by atoms with E-state index in [0.29, 0.717) is 15.6 Å². The summed E-state index contributed by atoms with van der Waals surface area (Å²) < 4.78 is 13.9. The van der Waals surface area contributed by atoms with Crippen molar-refractivity contribution in [2.45, 2.75) is 13.8 Å². The number of rotatable bonds is 0. The van der Waals surface area contributed by atoms with E-state index < -0.39 is 5.82 Å². The Balaban J connectivity index is 3.05. The number of aryl methyl sites for hydroxylation is 2. The molecule has 0 spiro atoms. The minimum atomic E-state index is -0.402. The molecule has 0 fully saturated rings. The van der Waals surface area contributed by atoms with Gasteiger partial charge in [0.1, 0.15) is 11.9 Å². The number of nitrogens with zero attached hydrogens (tertiary/aromatic N) is 1. The van der Waals surface area contributed by atoms with Gasteiger partial charge in [0.2, 0.25) is 0 Å². The van der Waals surface area contributed by atoms with Gasteiger partial charge < -0.3 is 4.98 Å². The number of aromatic amines is 1. The van der Waals surface area contributed by atoms with Crippen molar-refractivity contribution in [2.75, 3.05) is 0 Å². The molecule has 0 unspecified atom stereocenters. The zero-order valence-electron chi connectivity index (χ0n) is 8.28. The van der Waals surface area contributed by atoms with Crippen LogP contribution in [0.4, 0.5) is 4.39 Å². The predicted octanol–water partition coefficient (Wildman–Crippen LogP) is 3.56. The molecule has 15 heavy (non-hydrogen) atoms. The van der Waals surface area contributed by atoms with E-state index >= 15 is 0 Å². The fourth-order valence-electron chi connectivity index (χ4n) is 1.66. The molecule has 2 nitrogen and oxygen atoms in total. The third-order valence-corrected chi connectivity index (χ3v) is 3.37. The van der Waals surface area contributed by atoms with Crippen LogP contribution in [0.5, 0.6) is 0 Å². The first-order chi connectivity index (χ1) is 7.06. The predicted molar refractivity (Wildman–Crippen MR) is 60.1 cm³/mol. The van der Waals surface area contributed by atoms with E-state index in [1.54, 1.807) is 0 Å². The smallest absolute Gasteiger partial charge is 0.139 e. The molecule has 0 aliphatic heterocycles. The number of benzene rings is 1. The molecule has 0 saturated carbocycles. The normalized spacial score (nSPS) is 10.6. The highest BCUT2D eigenvalue weighted by molar-refractivity contribution is 9.10. The fraction of sp³-hybridized carbons (Fsp3) is 0.182. The van der Waals surface area contributed by atoms with Crippen LogP contribution in [0, 0.1) is 31.0 Å². The topological polar surface area (TPSA) is 39.6 Å². The number of fused-ring (bicyclic) bond motifs is 1. The first-order valence-electron chi connectivity index (χ1n) is 4.43. The molecule has 2 aromatic rings. The van der Waals surface area contributed by atoms with Gasteiger partial charge in [0.25, 0.3) is 0 Å². The Kier molecular flexibility index (Phi) is 2.28. The van der Waals surface area contributed by atoms with Crippen LogP contribution in [0.3, 0.4) is 0 Å². The van der Waals surface area contributed by atoms with Gasteiger partial charge in [0, 0.05) is 11.1 Å². The summed E-state index contributed by atoms with van der Waals surface area (Å²) in [4.78, 5) is 3.10. The van der Waals surface area contributed by atoms with Gasteiger partial charge in [-0.25, -0.2) is 4.39 Å². The highest BCUT2D eigenvalue weighted by atomic mass is 79.9. The molecule has 1 N–H and O–H groups in total. The Hall–Kier alpha value is -1.34. The zero-order chi connectivity index (χ0) is 11.2. The molecule has 0 saturated heterocycles. The van der Waals surface area contributed by atoms with Crippen LogP contribution in [0.25, 0.3) is 10.9 Å². The van der Waals surface area contributed by atoms with Gasteiger partial charge >= 0.3 is 0 Å². The van der Waals surface area contributed by atoms with Crippen LogP contribution in [0.2, 0.25) is 0 Å². The molecule has 1 heterocycles. The van der Waals surface area contributed by atoms with Crippen LogP contribution in [0.15, 0.2) is 10.5 Å². The first-order valence-corrected chi connectivity index (χ1v) is 5.22. The van der Waals surface area contributed by atoms with Gasteiger partial charge in [-0.2, -0.15) is 5.26 Å². The Bertz CT molecular complexity index is 593. The summed E-state index contributed by atoms with van der Waals surface area (Å²) >= 11 is 3.20. The molecule has 1 aromatic heterocycles. The van der Waals surface area contributed by atoms with Crippen molar-refractivity contribution in [2.24, 2.45) is 0 Å². The molecular weight excluding hydrogens is 259 g/mol. The lowest BCUT2D eigenvalue weighted by molar-refractivity contribution is 0.623. The van der Waals surface area contributed by atoms with E-state index in [2.05, 4.69) is 20.9 Å². The molecule has 0 bridgehead atoms. The summed E-state index contributed by atoms with van der Waals surface area (Å²) in [5.74, 6) is -0.402. The van der Waals surface area contributed by atoms with E-state index in [1.807, 2.05) is 19.9 Å². The maximum atomic E-state index is 13.5. The monoisotopic (exact) mass is 266 g/mol. The van der Waals surface area contributed by atoms with E-state index in [9.17, 15) is 4.39 Å². The molecule has 0 atom stereocenters. The number of nitrogens with one attached hydrogen (secondary N) is 1. The molecule has 1 aromatic carbocycles. The van der Waals surface area contributed by atoms with E-state index in [-0.39, 0.29) is 0 Å². The summed E-state index contributed by atoms with van der Waals surface area (Å²) in [5.41, 5.74) is 2.95. The first kappa shape index (κ1) is 10.2. The summed E-state index contributed by atoms with van der Waals surface area (Å²) in [7, 11) is 0. The zero-order valence-corrected chi connectivity index (χ0v) is 9.87. The van der Waals surface area contributed by atoms with Gasteiger partial charge in [0.05, 0.1) is 15.6 Å². The average Bonchev–Trinajstić information content (AvgIpc) is 2.50. The van der Waals surface area contributed by atoms with E-state index in [1.165, 1.54) is 6.07 Å². The summed E-state index contributed by atoms with van der Waals surface area (Å²) in [6.45, 7) is 3.81. The van der Waals surface area contributed by atoms with Crippen LogP contribution < -0.4 is 0 Å². The van der Waals surface area contributed by atoms with Crippen molar-refractivity contribution in [1.29, 1.82) is 5.26 Å². The minimum Gasteiger partial charge on any atom is -0.357 e. The largest absolute Gasteiger partial charge is 0.357 e. The molecule has 0 radical (unpaired) electrons. The number of hydrogen-bond donors (Lipinski definition) is 1. The Morgan fingerprint density at radius 2 is 2.13 bits per heavy atom. The fourth-order valence-corrected chi connectivity index (χ4v) is 2.28. The molecule has 2 rings (SSSR count). The Labute approximate surface area is 94.8 Å². The third-order valence-electron chi connectivity index (χ3n) is 2.59. The second-order valence-corrected chi connectivity index (χ2v) is 4.25. The maximum Gasteiger partial charge on any atom is 0.139 e. The number of hydrogen-bond acceptors (Lipinski definition) is 1. The number of nitriles is 1. The van der Waals surface area contributed by atoms with Gasteiger partial charge in [-0.3, -0.25) is 0 Å². The van der Waals surface area contributed by atoms with Gasteiger partial charge in [0.15, 0.2) is 0 Å². The van der Waals surface area contributed by atoms with Gasteiger partial charge in [-0.1, -0.05) is 0 Å². The molecule has 0 aliphatic carbocycles. The highest BCUT2D eigenvalue weighted by Crippen LogP contribution is 2.33. The van der Waals surface area contributed by atoms with Crippen LogP contribution in [0.1, 0.15) is 16.8 Å². The summed E-state index contributed by atoms with van der Waals surface area (Å²) in [6.07, 6.45) is 0. The number of halogens is 2. The van der Waals surface area contributed by atoms with Crippen molar-refractivity contribution in [1.82, 2.24) is 4.98 Å². The average molecular weight is 267 g/mol. The Morgan fingerprint density at radius 1 is 1.47 bits per heavy atom. The lowest BCUT2D eigenvalue weighted by Crippen LogP contribution is -1.85. The molecule has 0 amide bonds. The molecule has 0 aliphatic rings. The SMILES string of the molecule is Cc1[nH]c2c(C#N)cc(F)c(Br)c2c1C. The van der Waals surface area contributed by atoms with Crippen molar-refractivity contribution >= 4 is 26.8 Å². The third kappa shape index (κ3) is 1.35. The standard InChI is InChI=1S/C11H8BrFN2/c1-5-6(2)15-11-7(4-14)3-8(13)10(12)9(5)11/h3,15H,1-2H3. The van der Waals surface area contributed by atoms with Gasteiger partial charge in [-0.05, 0) is 41.4 Å². The highest BCUT2D eigenvalue weighted by Gasteiger charge is 2.15. The second kappa shape index (κ2) is 3.35. The van der Waals surface area contributed by atoms with Crippen molar-refractivity contribution < 1.29 is 4.39 Å². The van der Waals surface area contributed by atoms with E-state index in [0.717, 1.165) is 16.6 Å². The summed E-state index contributed by atoms with van der Waals surface area (Å²) in [5, 5.41) is 9.65. The van der Waals surface area contributed by atoms with E-state index in [4.69, 9.17) is 5.26 Å². The quantitative estimate of drug-likeness (QED) is 0.778. The second-order valence-electron chi connectivity index (χ2n) is 3.46.